The first-order valence-electron chi connectivity index (χ1n) is 5.24. The molecule has 0 rings (SSSR count). The van der Waals surface area contributed by atoms with Gasteiger partial charge < -0.3 is 5.11 Å². The lowest BCUT2D eigenvalue weighted by Gasteiger charge is -2.25. The molecule has 0 aliphatic heterocycles. The highest BCUT2D eigenvalue weighted by Gasteiger charge is 2.24. The Morgan fingerprint density at radius 2 is 1.73 bits per heavy atom. The van der Waals surface area contributed by atoms with E-state index in [1.165, 1.54) is 0 Å². The van der Waals surface area contributed by atoms with E-state index in [2.05, 4.69) is 9.44 Å². The fraction of sp³-hybridized carbons (Fsp3) is 1.00. The number of nitrogens with one attached hydrogen (secondary N) is 2. The molecule has 0 saturated carbocycles. The second-order valence-electron chi connectivity index (χ2n) is 4.03. The van der Waals surface area contributed by atoms with Gasteiger partial charge in [0.15, 0.2) is 0 Å². The second-order valence-corrected chi connectivity index (χ2v) is 5.56. The molecular formula is C9H22N2O3S. The maximum absolute atomic E-state index is 11.4. The summed E-state index contributed by atoms with van der Waals surface area (Å²) in [4.78, 5) is 0. The van der Waals surface area contributed by atoms with Crippen molar-refractivity contribution in [1.82, 2.24) is 9.44 Å². The van der Waals surface area contributed by atoms with Crippen LogP contribution in [0.3, 0.4) is 0 Å². The van der Waals surface area contributed by atoms with Crippen LogP contribution in [0.1, 0.15) is 40.5 Å². The van der Waals surface area contributed by atoms with Crippen LogP contribution in [0.4, 0.5) is 0 Å². The number of hydrogen-bond donors (Lipinski definition) is 3. The van der Waals surface area contributed by atoms with Crippen LogP contribution < -0.4 is 9.44 Å². The van der Waals surface area contributed by atoms with Crippen LogP contribution >= 0.6 is 0 Å². The minimum atomic E-state index is -3.49. The third-order valence-electron chi connectivity index (χ3n) is 2.30. The van der Waals surface area contributed by atoms with Gasteiger partial charge in [0, 0.05) is 12.6 Å². The van der Waals surface area contributed by atoms with Crippen molar-refractivity contribution in [3.8, 4) is 0 Å². The van der Waals surface area contributed by atoms with Crippen LogP contribution in [-0.2, 0) is 10.2 Å². The lowest BCUT2D eigenvalue weighted by Crippen LogP contribution is -2.47. The molecule has 0 amide bonds. The molecule has 5 nitrogen and oxygen atoms in total. The van der Waals surface area contributed by atoms with Crippen LogP contribution in [0.5, 0.6) is 0 Å². The van der Waals surface area contributed by atoms with E-state index in [0.717, 1.165) is 0 Å². The molecule has 0 fully saturated rings. The maximum atomic E-state index is 11.4. The van der Waals surface area contributed by atoms with Crippen molar-refractivity contribution in [3.63, 3.8) is 0 Å². The summed E-state index contributed by atoms with van der Waals surface area (Å²) >= 11 is 0. The Kier molecular flexibility index (Phi) is 5.72. The molecule has 0 heterocycles. The van der Waals surface area contributed by atoms with E-state index < -0.39 is 15.8 Å². The Hall–Kier alpha value is -0.170. The molecule has 0 aliphatic carbocycles. The van der Waals surface area contributed by atoms with Gasteiger partial charge in [0.1, 0.15) is 0 Å². The van der Waals surface area contributed by atoms with Crippen molar-refractivity contribution in [1.29, 1.82) is 0 Å². The Morgan fingerprint density at radius 1 is 1.27 bits per heavy atom. The minimum Gasteiger partial charge on any atom is -0.389 e. The highest BCUT2D eigenvalue weighted by atomic mass is 32.2. The average Bonchev–Trinajstić information content (AvgIpc) is 2.12. The zero-order valence-electron chi connectivity index (χ0n) is 9.87. The summed E-state index contributed by atoms with van der Waals surface area (Å²) in [5, 5.41) is 9.87. The molecule has 0 aromatic heterocycles. The molecule has 0 saturated heterocycles. The third-order valence-corrected chi connectivity index (χ3v) is 3.60. The number of hydrogen-bond acceptors (Lipinski definition) is 3. The summed E-state index contributed by atoms with van der Waals surface area (Å²) in [7, 11) is -3.49. The summed E-state index contributed by atoms with van der Waals surface area (Å²) < 4.78 is 27.5. The summed E-state index contributed by atoms with van der Waals surface area (Å²) in [5.74, 6) is 0. The van der Waals surface area contributed by atoms with Crippen molar-refractivity contribution >= 4 is 10.2 Å². The van der Waals surface area contributed by atoms with Crippen molar-refractivity contribution in [2.24, 2.45) is 0 Å². The van der Waals surface area contributed by atoms with Gasteiger partial charge >= 0.3 is 0 Å². The SMILES string of the molecule is CCC(O)(CC)CNS(=O)(=O)NC(C)C. The zero-order valence-corrected chi connectivity index (χ0v) is 10.7. The van der Waals surface area contributed by atoms with Crippen molar-refractivity contribution in [2.45, 2.75) is 52.2 Å². The Bertz CT molecular complexity index is 271. The van der Waals surface area contributed by atoms with E-state index in [1.807, 2.05) is 13.8 Å². The molecule has 3 N–H and O–H groups in total. The summed E-state index contributed by atoms with van der Waals surface area (Å²) in [6, 6.07) is -0.154. The first kappa shape index (κ1) is 14.8. The minimum absolute atomic E-state index is 0.0437. The average molecular weight is 238 g/mol. The first-order chi connectivity index (χ1) is 6.74. The van der Waals surface area contributed by atoms with Crippen LogP contribution in [0.15, 0.2) is 0 Å². The Balaban J connectivity index is 4.26. The van der Waals surface area contributed by atoms with Crippen molar-refractivity contribution < 1.29 is 13.5 Å². The smallest absolute Gasteiger partial charge is 0.277 e. The zero-order chi connectivity index (χ0) is 12.1. The molecule has 0 aliphatic rings. The number of rotatable bonds is 7. The molecule has 15 heavy (non-hydrogen) atoms. The van der Waals surface area contributed by atoms with E-state index in [9.17, 15) is 13.5 Å². The molecule has 0 atom stereocenters. The van der Waals surface area contributed by atoms with Gasteiger partial charge in [-0.15, -0.1) is 0 Å². The molecule has 0 aromatic carbocycles. The lowest BCUT2D eigenvalue weighted by molar-refractivity contribution is 0.0376. The predicted molar refractivity (Wildman–Crippen MR) is 60.7 cm³/mol. The quantitative estimate of drug-likeness (QED) is 0.599. The lowest BCUT2D eigenvalue weighted by atomic mass is 9.98. The van der Waals surface area contributed by atoms with E-state index in [4.69, 9.17) is 0 Å². The molecule has 92 valence electrons. The highest BCUT2D eigenvalue weighted by Crippen LogP contribution is 2.12. The molecule has 0 spiro atoms. The van der Waals surface area contributed by atoms with Crippen LogP contribution in [0.25, 0.3) is 0 Å². The normalized spacial score (nSPS) is 13.5. The summed E-state index contributed by atoms with van der Waals surface area (Å²) in [5.41, 5.74) is -0.953. The van der Waals surface area contributed by atoms with Crippen LogP contribution in [0.2, 0.25) is 0 Å². The van der Waals surface area contributed by atoms with Gasteiger partial charge in [-0.25, -0.2) is 0 Å². The monoisotopic (exact) mass is 238 g/mol. The molecule has 0 aromatic rings. The van der Waals surface area contributed by atoms with E-state index in [0.29, 0.717) is 12.8 Å². The first-order valence-corrected chi connectivity index (χ1v) is 6.72. The third kappa shape index (κ3) is 6.09. The van der Waals surface area contributed by atoms with Gasteiger partial charge in [-0.3, -0.25) is 0 Å². The fourth-order valence-electron chi connectivity index (χ4n) is 1.08. The number of aliphatic hydroxyl groups is 1. The summed E-state index contributed by atoms with van der Waals surface area (Å²) in [6.07, 6.45) is 1.04. The molecule has 0 bridgehead atoms. The maximum Gasteiger partial charge on any atom is 0.277 e. The topological polar surface area (TPSA) is 78.4 Å². The van der Waals surface area contributed by atoms with Gasteiger partial charge in [-0.1, -0.05) is 13.8 Å². The largest absolute Gasteiger partial charge is 0.389 e. The molecule has 6 heteroatoms. The Morgan fingerprint density at radius 3 is 2.07 bits per heavy atom. The van der Waals surface area contributed by atoms with Gasteiger partial charge in [-0.05, 0) is 26.7 Å². The van der Waals surface area contributed by atoms with E-state index >= 15 is 0 Å². The molecule has 0 unspecified atom stereocenters. The fourth-order valence-corrected chi connectivity index (χ4v) is 2.24. The van der Waals surface area contributed by atoms with Gasteiger partial charge in [-0.2, -0.15) is 17.9 Å². The van der Waals surface area contributed by atoms with Gasteiger partial charge in [0.25, 0.3) is 10.2 Å². The Labute approximate surface area is 92.4 Å². The van der Waals surface area contributed by atoms with E-state index in [-0.39, 0.29) is 12.6 Å². The van der Waals surface area contributed by atoms with Gasteiger partial charge in [0.2, 0.25) is 0 Å². The summed E-state index contributed by atoms with van der Waals surface area (Å²) in [6.45, 7) is 7.18. The second kappa shape index (κ2) is 5.79. The van der Waals surface area contributed by atoms with Crippen molar-refractivity contribution in [2.75, 3.05) is 6.54 Å². The van der Waals surface area contributed by atoms with Crippen LogP contribution in [-0.4, -0.2) is 31.7 Å². The molecular weight excluding hydrogens is 216 g/mol. The van der Waals surface area contributed by atoms with Gasteiger partial charge in [0.05, 0.1) is 5.60 Å². The predicted octanol–water partition coefficient (Wildman–Crippen LogP) is 0.370. The van der Waals surface area contributed by atoms with Crippen molar-refractivity contribution in [3.05, 3.63) is 0 Å². The molecule has 0 radical (unpaired) electrons. The standard InChI is InChI=1S/C9H22N2O3S/c1-5-9(12,6-2)7-10-15(13,14)11-8(3)4/h8,10-12H,5-7H2,1-4H3. The highest BCUT2D eigenvalue weighted by molar-refractivity contribution is 7.87. The van der Waals surface area contributed by atoms with Crippen LogP contribution in [0, 0.1) is 0 Å². The van der Waals surface area contributed by atoms with E-state index in [1.54, 1.807) is 13.8 Å².